The lowest BCUT2D eigenvalue weighted by molar-refractivity contribution is 0.365. The molecule has 148 valence electrons. The Kier molecular flexibility index (Phi) is 5.38. The van der Waals surface area contributed by atoms with Gasteiger partial charge in [-0.2, -0.15) is 10.1 Å². The summed E-state index contributed by atoms with van der Waals surface area (Å²) in [5, 5.41) is 10.6. The summed E-state index contributed by atoms with van der Waals surface area (Å²) in [6.07, 6.45) is 0. The largest absolute Gasteiger partial charge is 0.339 e. The molecule has 0 aliphatic carbocycles. The van der Waals surface area contributed by atoms with Gasteiger partial charge in [0.15, 0.2) is 0 Å². The molecule has 0 saturated heterocycles. The average Bonchev–Trinajstić information content (AvgIpc) is 3.28. The van der Waals surface area contributed by atoms with Crippen molar-refractivity contribution in [1.29, 1.82) is 0 Å². The van der Waals surface area contributed by atoms with E-state index in [1.165, 1.54) is 0 Å². The molecule has 0 radical (unpaired) electrons. The van der Waals surface area contributed by atoms with Gasteiger partial charge in [-0.15, -0.1) is 0 Å². The zero-order valence-corrected chi connectivity index (χ0v) is 18.2. The molecular weight excluding hydrogens is 431 g/mol. The first-order valence-electron chi connectivity index (χ1n) is 9.00. The first kappa shape index (κ1) is 20.0. The van der Waals surface area contributed by atoms with Gasteiger partial charge in [0.2, 0.25) is 11.7 Å². The maximum atomic E-state index is 6.49. The highest BCUT2D eigenvalue weighted by Gasteiger charge is 2.23. The van der Waals surface area contributed by atoms with Crippen LogP contribution in [0.25, 0.3) is 28.5 Å². The Balaban J connectivity index is 1.96. The smallest absolute Gasteiger partial charge is 0.229 e. The summed E-state index contributed by atoms with van der Waals surface area (Å²) in [6, 6.07) is 12.8. The summed E-state index contributed by atoms with van der Waals surface area (Å²) in [4.78, 5) is 4.50. The molecule has 0 aliphatic heterocycles. The first-order valence-corrected chi connectivity index (χ1v) is 10.1. The van der Waals surface area contributed by atoms with E-state index in [2.05, 4.69) is 10.1 Å². The van der Waals surface area contributed by atoms with Crippen molar-refractivity contribution in [1.82, 2.24) is 19.9 Å². The molecule has 0 bridgehead atoms. The van der Waals surface area contributed by atoms with Crippen LogP contribution in [0.1, 0.15) is 31.2 Å². The van der Waals surface area contributed by atoms with Crippen LogP contribution < -0.4 is 0 Å². The lowest BCUT2D eigenvalue weighted by Crippen LogP contribution is -2.00. The normalized spacial score (nSPS) is 11.4. The van der Waals surface area contributed by atoms with Crippen molar-refractivity contribution in [2.75, 3.05) is 0 Å². The van der Waals surface area contributed by atoms with Crippen molar-refractivity contribution in [3.05, 3.63) is 69.0 Å². The van der Waals surface area contributed by atoms with Gasteiger partial charge >= 0.3 is 0 Å². The van der Waals surface area contributed by atoms with Crippen molar-refractivity contribution >= 4 is 34.8 Å². The SMILES string of the molecule is Cc1c(-c2noc(C(C)C)n2)nn(-c2ccc(Cl)cc2Cl)c1-c1ccc(Cl)cc1. The van der Waals surface area contributed by atoms with Crippen LogP contribution in [0, 0.1) is 6.92 Å². The Morgan fingerprint density at radius 2 is 1.66 bits per heavy atom. The second-order valence-electron chi connectivity index (χ2n) is 6.95. The van der Waals surface area contributed by atoms with Crippen LogP contribution in [0.3, 0.4) is 0 Å². The van der Waals surface area contributed by atoms with Gasteiger partial charge in [0.05, 0.1) is 16.4 Å². The summed E-state index contributed by atoms with van der Waals surface area (Å²) in [6.45, 7) is 5.96. The fourth-order valence-electron chi connectivity index (χ4n) is 3.05. The monoisotopic (exact) mass is 446 g/mol. The van der Waals surface area contributed by atoms with E-state index in [4.69, 9.17) is 44.4 Å². The van der Waals surface area contributed by atoms with Gasteiger partial charge < -0.3 is 4.52 Å². The molecule has 2 aromatic carbocycles. The third-order valence-electron chi connectivity index (χ3n) is 4.53. The zero-order valence-electron chi connectivity index (χ0n) is 15.9. The minimum absolute atomic E-state index is 0.125. The van der Waals surface area contributed by atoms with Crippen molar-refractivity contribution in [2.24, 2.45) is 0 Å². The van der Waals surface area contributed by atoms with Crippen molar-refractivity contribution < 1.29 is 4.52 Å². The van der Waals surface area contributed by atoms with Gasteiger partial charge in [-0.1, -0.05) is 65.9 Å². The number of nitrogens with zero attached hydrogens (tertiary/aromatic N) is 4. The van der Waals surface area contributed by atoms with E-state index in [0.717, 1.165) is 16.8 Å². The fourth-order valence-corrected chi connectivity index (χ4v) is 3.66. The predicted molar refractivity (Wildman–Crippen MR) is 116 cm³/mol. The molecule has 5 nitrogen and oxygen atoms in total. The number of hydrogen-bond acceptors (Lipinski definition) is 4. The molecule has 4 rings (SSSR count). The molecule has 4 aromatic rings. The van der Waals surface area contributed by atoms with Crippen LogP contribution >= 0.6 is 34.8 Å². The lowest BCUT2D eigenvalue weighted by atomic mass is 10.1. The Labute approximate surface area is 183 Å². The molecule has 0 unspecified atom stereocenters. The van der Waals surface area contributed by atoms with Gasteiger partial charge in [0, 0.05) is 27.1 Å². The molecule has 0 aliphatic rings. The van der Waals surface area contributed by atoms with Crippen LogP contribution in [-0.2, 0) is 0 Å². The van der Waals surface area contributed by atoms with Crippen LogP contribution in [0.2, 0.25) is 15.1 Å². The van der Waals surface area contributed by atoms with E-state index in [0.29, 0.717) is 38.2 Å². The highest BCUT2D eigenvalue weighted by Crippen LogP contribution is 2.36. The Bertz CT molecular complexity index is 1180. The third-order valence-corrected chi connectivity index (χ3v) is 5.32. The summed E-state index contributed by atoms with van der Waals surface area (Å²) in [5.41, 5.74) is 4.01. The first-order chi connectivity index (χ1) is 13.8. The second-order valence-corrected chi connectivity index (χ2v) is 8.23. The number of halogens is 3. The lowest BCUT2D eigenvalue weighted by Gasteiger charge is -2.11. The van der Waals surface area contributed by atoms with Crippen LogP contribution in [0.15, 0.2) is 47.0 Å². The second kappa shape index (κ2) is 7.82. The van der Waals surface area contributed by atoms with Crippen LogP contribution in [0.4, 0.5) is 0 Å². The summed E-state index contributed by atoms with van der Waals surface area (Å²) >= 11 is 18.6. The Hall–Kier alpha value is -2.34. The number of aromatic nitrogens is 4. The quantitative estimate of drug-likeness (QED) is 0.338. The minimum atomic E-state index is 0.125. The standard InChI is InChI=1S/C21H17Cl3N4O/c1-11(2)21-25-20(27-29-21)18-12(3)19(13-4-6-14(22)7-5-13)28(26-18)17-9-8-15(23)10-16(17)24/h4-11H,1-3H3. The number of benzene rings is 2. The minimum Gasteiger partial charge on any atom is -0.339 e. The molecule has 0 amide bonds. The molecule has 0 fully saturated rings. The van der Waals surface area contributed by atoms with Gasteiger partial charge in [-0.05, 0) is 37.3 Å². The van der Waals surface area contributed by atoms with Crippen molar-refractivity contribution in [3.8, 4) is 28.5 Å². The topological polar surface area (TPSA) is 56.7 Å². The van der Waals surface area contributed by atoms with E-state index in [1.54, 1.807) is 16.8 Å². The Morgan fingerprint density at radius 1 is 0.966 bits per heavy atom. The van der Waals surface area contributed by atoms with E-state index in [9.17, 15) is 0 Å². The summed E-state index contributed by atoms with van der Waals surface area (Å²) in [5.74, 6) is 1.12. The molecular formula is C21H17Cl3N4O. The van der Waals surface area contributed by atoms with E-state index < -0.39 is 0 Å². The molecule has 0 spiro atoms. The molecule has 8 heteroatoms. The Morgan fingerprint density at radius 3 is 2.28 bits per heavy atom. The van der Waals surface area contributed by atoms with E-state index in [1.807, 2.05) is 51.1 Å². The third kappa shape index (κ3) is 3.78. The molecule has 0 saturated carbocycles. The summed E-state index contributed by atoms with van der Waals surface area (Å²) in [7, 11) is 0. The van der Waals surface area contributed by atoms with Gasteiger partial charge in [-0.25, -0.2) is 4.68 Å². The van der Waals surface area contributed by atoms with E-state index in [-0.39, 0.29) is 5.92 Å². The zero-order chi connectivity index (χ0) is 20.7. The highest BCUT2D eigenvalue weighted by atomic mass is 35.5. The maximum absolute atomic E-state index is 6.49. The van der Waals surface area contributed by atoms with Crippen LogP contribution in [0.5, 0.6) is 0 Å². The molecule has 0 N–H and O–H groups in total. The van der Waals surface area contributed by atoms with Crippen molar-refractivity contribution in [3.63, 3.8) is 0 Å². The van der Waals surface area contributed by atoms with Crippen molar-refractivity contribution in [2.45, 2.75) is 26.7 Å². The molecule has 2 aromatic heterocycles. The van der Waals surface area contributed by atoms with Crippen LogP contribution in [-0.4, -0.2) is 19.9 Å². The average molecular weight is 448 g/mol. The van der Waals surface area contributed by atoms with Gasteiger partial charge in [0.25, 0.3) is 0 Å². The molecule has 29 heavy (non-hydrogen) atoms. The maximum Gasteiger partial charge on any atom is 0.229 e. The molecule has 0 atom stereocenters. The fraction of sp³-hybridized carbons (Fsp3) is 0.190. The van der Waals surface area contributed by atoms with Gasteiger partial charge in [0.1, 0.15) is 5.69 Å². The predicted octanol–water partition coefficient (Wildman–Crippen LogP) is 6.98. The highest BCUT2D eigenvalue weighted by molar-refractivity contribution is 6.35. The molecule has 2 heterocycles. The number of rotatable bonds is 4. The van der Waals surface area contributed by atoms with Gasteiger partial charge in [-0.3, -0.25) is 0 Å². The summed E-state index contributed by atoms with van der Waals surface area (Å²) < 4.78 is 7.16. The number of hydrogen-bond donors (Lipinski definition) is 0. The van der Waals surface area contributed by atoms with E-state index >= 15 is 0 Å².